The van der Waals surface area contributed by atoms with Crippen LogP contribution in [0, 0.1) is 11.6 Å². The van der Waals surface area contributed by atoms with Gasteiger partial charge in [0.05, 0.1) is 16.3 Å². The molecule has 0 radical (unpaired) electrons. The van der Waals surface area contributed by atoms with Crippen LogP contribution in [0.15, 0.2) is 23.2 Å². The Bertz CT molecular complexity index is 397. The Morgan fingerprint density at radius 2 is 1.80 bits per heavy atom. The van der Waals surface area contributed by atoms with E-state index in [1.807, 2.05) is 13.8 Å². The second-order valence-electron chi connectivity index (χ2n) is 3.63. The van der Waals surface area contributed by atoms with E-state index in [1.165, 1.54) is 12.1 Å². The normalized spacial score (nSPS) is 25.5. The summed E-state index contributed by atoms with van der Waals surface area (Å²) in [5.74, 6) is -1.05. The van der Waals surface area contributed by atoms with Crippen molar-refractivity contribution in [1.29, 1.82) is 0 Å². The fourth-order valence-electron chi connectivity index (χ4n) is 1.75. The summed E-state index contributed by atoms with van der Waals surface area (Å²) >= 11 is 1.56. The zero-order valence-corrected chi connectivity index (χ0v) is 9.31. The monoisotopic (exact) mass is 227 g/mol. The van der Waals surface area contributed by atoms with E-state index in [0.29, 0.717) is 5.56 Å². The quantitative estimate of drug-likeness (QED) is 0.714. The molecule has 2 atom stereocenters. The number of nitrogens with zero attached hydrogens (tertiary/aromatic N) is 1. The van der Waals surface area contributed by atoms with Crippen LogP contribution in [-0.4, -0.2) is 11.1 Å². The van der Waals surface area contributed by atoms with E-state index in [9.17, 15) is 8.78 Å². The van der Waals surface area contributed by atoms with Crippen molar-refractivity contribution in [2.45, 2.75) is 25.1 Å². The van der Waals surface area contributed by atoms with E-state index in [-0.39, 0.29) is 11.3 Å². The van der Waals surface area contributed by atoms with E-state index in [1.54, 1.807) is 11.8 Å². The number of aliphatic imine (C=N–C) groups is 1. The minimum absolute atomic E-state index is 0.0372. The van der Waals surface area contributed by atoms with Gasteiger partial charge in [-0.2, -0.15) is 0 Å². The van der Waals surface area contributed by atoms with Crippen molar-refractivity contribution in [3.63, 3.8) is 0 Å². The Labute approximate surface area is 91.6 Å². The highest BCUT2D eigenvalue weighted by molar-refractivity contribution is 8.14. The Balaban J connectivity index is 2.31. The predicted molar refractivity (Wildman–Crippen MR) is 59.3 cm³/mol. The zero-order valence-electron chi connectivity index (χ0n) is 8.50. The highest BCUT2D eigenvalue weighted by atomic mass is 32.2. The van der Waals surface area contributed by atoms with Crippen LogP contribution >= 0.6 is 11.8 Å². The lowest BCUT2D eigenvalue weighted by Crippen LogP contribution is -2.05. The minimum atomic E-state index is -0.526. The first-order chi connectivity index (χ1) is 7.06. The van der Waals surface area contributed by atoms with E-state index < -0.39 is 11.6 Å². The third kappa shape index (κ3) is 2.20. The van der Waals surface area contributed by atoms with Gasteiger partial charge in [-0.25, -0.2) is 8.78 Å². The standard InChI is InChI=1S/C11H11F2NS/c1-6-11(15-7(2)14-6)8-3-9(12)5-10(13)4-8/h3-6,11H,1-2H3/t6-,11?/m1/s1. The van der Waals surface area contributed by atoms with E-state index in [0.717, 1.165) is 11.1 Å². The molecule has 0 aliphatic carbocycles. The maximum absolute atomic E-state index is 13.0. The maximum atomic E-state index is 13.0. The number of halogens is 2. The van der Waals surface area contributed by atoms with Crippen molar-refractivity contribution in [3.05, 3.63) is 35.4 Å². The molecule has 0 fully saturated rings. The van der Waals surface area contributed by atoms with Crippen molar-refractivity contribution in [1.82, 2.24) is 0 Å². The van der Waals surface area contributed by atoms with Crippen LogP contribution in [0.5, 0.6) is 0 Å². The van der Waals surface area contributed by atoms with Crippen molar-refractivity contribution in [2.75, 3.05) is 0 Å². The highest BCUT2D eigenvalue weighted by Gasteiger charge is 2.26. The molecule has 0 saturated heterocycles. The van der Waals surface area contributed by atoms with E-state index in [2.05, 4.69) is 4.99 Å². The molecule has 0 aromatic heterocycles. The average Bonchev–Trinajstić information content (AvgIpc) is 2.43. The summed E-state index contributed by atoms with van der Waals surface area (Å²) in [5, 5.41) is 1.01. The lowest BCUT2D eigenvalue weighted by Gasteiger charge is -2.13. The van der Waals surface area contributed by atoms with Crippen molar-refractivity contribution in [2.24, 2.45) is 4.99 Å². The second-order valence-corrected chi connectivity index (χ2v) is 4.96. The number of rotatable bonds is 1. The average molecular weight is 227 g/mol. The molecule has 0 N–H and O–H groups in total. The molecule has 1 nitrogen and oxygen atoms in total. The minimum Gasteiger partial charge on any atom is -0.279 e. The molecule has 1 aliphatic heterocycles. The van der Waals surface area contributed by atoms with Crippen molar-refractivity contribution in [3.8, 4) is 0 Å². The smallest absolute Gasteiger partial charge is 0.126 e. The molecule has 0 saturated carbocycles. The molecule has 1 aromatic rings. The summed E-state index contributed by atoms with van der Waals surface area (Å²) in [7, 11) is 0. The van der Waals surface area contributed by atoms with Gasteiger partial charge < -0.3 is 0 Å². The van der Waals surface area contributed by atoms with Gasteiger partial charge in [0.25, 0.3) is 0 Å². The Hall–Kier alpha value is -0.900. The van der Waals surface area contributed by atoms with Crippen LogP contribution in [0.25, 0.3) is 0 Å². The molecular weight excluding hydrogens is 216 g/mol. The molecule has 80 valence electrons. The van der Waals surface area contributed by atoms with Crippen LogP contribution in [0.2, 0.25) is 0 Å². The Morgan fingerprint density at radius 1 is 1.20 bits per heavy atom. The fraction of sp³-hybridized carbons (Fsp3) is 0.364. The lowest BCUT2D eigenvalue weighted by atomic mass is 10.1. The predicted octanol–water partition coefficient (Wildman–Crippen LogP) is 3.56. The molecule has 1 heterocycles. The highest BCUT2D eigenvalue weighted by Crippen LogP contribution is 2.40. The second kappa shape index (κ2) is 3.93. The summed E-state index contributed by atoms with van der Waals surface area (Å²) in [6.07, 6.45) is 0. The van der Waals surface area contributed by atoms with Gasteiger partial charge in [0.15, 0.2) is 0 Å². The molecule has 1 aromatic carbocycles. The van der Waals surface area contributed by atoms with Gasteiger partial charge in [0.2, 0.25) is 0 Å². The molecule has 0 amide bonds. The summed E-state index contributed by atoms with van der Waals surface area (Å²) in [6, 6.07) is 3.73. The van der Waals surface area contributed by atoms with Crippen molar-refractivity contribution < 1.29 is 8.78 Å². The van der Waals surface area contributed by atoms with Crippen LogP contribution in [0.1, 0.15) is 24.7 Å². The first-order valence-corrected chi connectivity index (χ1v) is 5.61. The SMILES string of the molecule is CC1=N[C@H](C)C(c2cc(F)cc(F)c2)S1. The van der Waals surface area contributed by atoms with Gasteiger partial charge in [-0.1, -0.05) is 0 Å². The third-order valence-electron chi connectivity index (χ3n) is 2.33. The summed E-state index contributed by atoms with van der Waals surface area (Å²) in [5.41, 5.74) is 0.672. The summed E-state index contributed by atoms with van der Waals surface area (Å²) < 4.78 is 26.0. The molecule has 1 unspecified atom stereocenters. The Kier molecular flexibility index (Phi) is 2.78. The van der Waals surface area contributed by atoms with Gasteiger partial charge in [-0.15, -0.1) is 11.8 Å². The van der Waals surface area contributed by atoms with Crippen LogP contribution in [0.3, 0.4) is 0 Å². The molecule has 15 heavy (non-hydrogen) atoms. The molecule has 2 rings (SSSR count). The van der Waals surface area contributed by atoms with Crippen molar-refractivity contribution >= 4 is 16.8 Å². The first kappa shape index (κ1) is 10.6. The van der Waals surface area contributed by atoms with Gasteiger partial charge in [-0.05, 0) is 31.5 Å². The van der Waals surface area contributed by atoms with E-state index in [4.69, 9.17) is 0 Å². The first-order valence-electron chi connectivity index (χ1n) is 4.73. The topological polar surface area (TPSA) is 12.4 Å². The van der Waals surface area contributed by atoms with Crippen LogP contribution in [0.4, 0.5) is 8.78 Å². The van der Waals surface area contributed by atoms with Gasteiger partial charge in [0, 0.05) is 6.07 Å². The number of benzene rings is 1. The number of hydrogen-bond donors (Lipinski definition) is 0. The number of hydrogen-bond acceptors (Lipinski definition) is 2. The van der Waals surface area contributed by atoms with Crippen LogP contribution < -0.4 is 0 Å². The number of thioether (sulfide) groups is 1. The van der Waals surface area contributed by atoms with Gasteiger partial charge >= 0.3 is 0 Å². The third-order valence-corrected chi connectivity index (χ3v) is 3.70. The van der Waals surface area contributed by atoms with Crippen LogP contribution in [-0.2, 0) is 0 Å². The summed E-state index contributed by atoms with van der Waals surface area (Å²) in [6.45, 7) is 3.87. The molecule has 1 aliphatic rings. The largest absolute Gasteiger partial charge is 0.279 e. The maximum Gasteiger partial charge on any atom is 0.126 e. The molecule has 0 spiro atoms. The fourth-order valence-corrected chi connectivity index (χ4v) is 2.88. The lowest BCUT2D eigenvalue weighted by molar-refractivity contribution is 0.577. The van der Waals surface area contributed by atoms with Gasteiger partial charge in [0.1, 0.15) is 11.6 Å². The summed E-state index contributed by atoms with van der Waals surface area (Å²) in [4.78, 5) is 4.34. The molecular formula is C11H11F2NS. The Morgan fingerprint density at radius 3 is 2.27 bits per heavy atom. The molecule has 0 bridgehead atoms. The van der Waals surface area contributed by atoms with E-state index >= 15 is 0 Å². The van der Waals surface area contributed by atoms with Gasteiger partial charge in [-0.3, -0.25) is 4.99 Å². The zero-order chi connectivity index (χ0) is 11.0. The molecule has 4 heteroatoms.